The van der Waals surface area contributed by atoms with Crippen molar-refractivity contribution in [3.63, 3.8) is 0 Å². The quantitative estimate of drug-likeness (QED) is 0.860. The number of nitrogens with one attached hydrogen (secondary N) is 1. The van der Waals surface area contributed by atoms with E-state index in [0.717, 1.165) is 38.6 Å². The first-order chi connectivity index (χ1) is 8.25. The summed E-state index contributed by atoms with van der Waals surface area (Å²) < 4.78 is 0. The maximum atomic E-state index is 11.9. The van der Waals surface area contributed by atoms with E-state index in [-0.39, 0.29) is 17.9 Å². The predicted octanol–water partition coefficient (Wildman–Crippen LogP) is 1.92. The summed E-state index contributed by atoms with van der Waals surface area (Å²) in [6.45, 7) is 0.741. The van der Waals surface area contributed by atoms with Crippen molar-refractivity contribution in [1.29, 1.82) is 0 Å². The van der Waals surface area contributed by atoms with Gasteiger partial charge < -0.3 is 11.1 Å². The van der Waals surface area contributed by atoms with E-state index in [0.29, 0.717) is 0 Å². The van der Waals surface area contributed by atoms with Gasteiger partial charge in [0.2, 0.25) is 5.91 Å². The molecular weight excluding hydrogens is 232 g/mol. The molecule has 94 valence electrons. The van der Waals surface area contributed by atoms with Crippen LogP contribution in [0.25, 0.3) is 0 Å². The Morgan fingerprint density at radius 1 is 1.53 bits per heavy atom. The Morgan fingerprint density at radius 3 is 3.12 bits per heavy atom. The molecule has 1 amide bonds. The molecule has 1 aliphatic rings. The molecule has 1 aromatic rings. The normalized spacial score (nSPS) is 24.5. The monoisotopic (exact) mass is 252 g/mol. The highest BCUT2D eigenvalue weighted by Crippen LogP contribution is 2.23. The van der Waals surface area contributed by atoms with Gasteiger partial charge in [0.25, 0.3) is 0 Å². The lowest BCUT2D eigenvalue weighted by Crippen LogP contribution is -2.38. The summed E-state index contributed by atoms with van der Waals surface area (Å²) in [6, 6.07) is 4.37. The second kappa shape index (κ2) is 6.17. The van der Waals surface area contributed by atoms with E-state index in [1.807, 2.05) is 6.07 Å². The van der Waals surface area contributed by atoms with Crippen LogP contribution in [0.1, 0.15) is 30.6 Å². The lowest BCUT2D eigenvalue weighted by molar-refractivity contribution is -0.126. The fraction of sp³-hybridized carbons (Fsp3) is 0.615. The second-order valence-electron chi connectivity index (χ2n) is 4.74. The van der Waals surface area contributed by atoms with Crippen molar-refractivity contribution in [3.8, 4) is 0 Å². The van der Waals surface area contributed by atoms with Crippen LogP contribution in [-0.2, 0) is 11.2 Å². The number of carbonyl (C=O) groups is 1. The minimum atomic E-state index is 0.141. The van der Waals surface area contributed by atoms with Crippen molar-refractivity contribution in [1.82, 2.24) is 5.32 Å². The maximum Gasteiger partial charge on any atom is 0.223 e. The highest BCUT2D eigenvalue weighted by molar-refractivity contribution is 7.09. The Labute approximate surface area is 106 Å². The van der Waals surface area contributed by atoms with E-state index in [1.54, 1.807) is 11.3 Å². The molecule has 1 saturated carbocycles. The summed E-state index contributed by atoms with van der Waals surface area (Å²) in [5.74, 6) is 0.332. The molecule has 3 N–H and O–H groups in total. The molecule has 0 aromatic carbocycles. The average molecular weight is 252 g/mol. The van der Waals surface area contributed by atoms with Crippen LogP contribution >= 0.6 is 11.3 Å². The number of nitrogens with two attached hydrogens (primary N) is 1. The van der Waals surface area contributed by atoms with E-state index in [4.69, 9.17) is 5.73 Å². The molecule has 2 rings (SSSR count). The zero-order valence-electron chi connectivity index (χ0n) is 10.0. The van der Waals surface area contributed by atoms with Crippen LogP contribution in [0.5, 0.6) is 0 Å². The first kappa shape index (κ1) is 12.6. The van der Waals surface area contributed by atoms with Gasteiger partial charge in [0.1, 0.15) is 0 Å². The number of hydrogen-bond acceptors (Lipinski definition) is 3. The summed E-state index contributed by atoms with van der Waals surface area (Å²) in [6.07, 6.45) is 4.94. The SMILES string of the molecule is NC1CCCC(C(=O)NCCc2cccs2)C1. The zero-order valence-corrected chi connectivity index (χ0v) is 10.8. The standard InChI is InChI=1S/C13H20N2OS/c14-11-4-1-3-10(9-11)13(16)15-7-6-12-5-2-8-17-12/h2,5,8,10-11H,1,3-4,6-7,9,14H2,(H,15,16). The maximum absolute atomic E-state index is 11.9. The summed E-state index contributed by atoms with van der Waals surface area (Å²) in [4.78, 5) is 13.2. The van der Waals surface area contributed by atoms with Crippen molar-refractivity contribution < 1.29 is 4.79 Å². The van der Waals surface area contributed by atoms with Crippen LogP contribution in [0.15, 0.2) is 17.5 Å². The van der Waals surface area contributed by atoms with E-state index in [9.17, 15) is 4.79 Å². The molecule has 0 radical (unpaired) electrons. The number of rotatable bonds is 4. The Bertz CT molecular complexity index is 350. The Kier molecular flexibility index (Phi) is 4.57. The van der Waals surface area contributed by atoms with Crippen molar-refractivity contribution in [2.75, 3.05) is 6.54 Å². The number of thiophene rings is 1. The van der Waals surface area contributed by atoms with E-state index < -0.39 is 0 Å². The lowest BCUT2D eigenvalue weighted by atomic mass is 9.85. The summed E-state index contributed by atoms with van der Waals surface area (Å²) in [7, 11) is 0. The molecule has 2 atom stereocenters. The average Bonchev–Trinajstić information content (AvgIpc) is 2.82. The fourth-order valence-corrected chi connectivity index (χ4v) is 3.08. The zero-order chi connectivity index (χ0) is 12.1. The summed E-state index contributed by atoms with van der Waals surface area (Å²) in [5.41, 5.74) is 5.89. The highest BCUT2D eigenvalue weighted by Gasteiger charge is 2.24. The summed E-state index contributed by atoms with van der Waals surface area (Å²) in [5, 5.41) is 5.09. The van der Waals surface area contributed by atoms with Gasteiger partial charge in [0.05, 0.1) is 0 Å². The molecular formula is C13H20N2OS. The van der Waals surface area contributed by atoms with Gasteiger partial charge in [-0.25, -0.2) is 0 Å². The Hall–Kier alpha value is -0.870. The first-order valence-electron chi connectivity index (χ1n) is 6.31. The number of carbonyl (C=O) groups excluding carboxylic acids is 1. The van der Waals surface area contributed by atoms with Gasteiger partial charge in [0.15, 0.2) is 0 Å². The molecule has 1 heterocycles. The van der Waals surface area contributed by atoms with Crippen molar-refractivity contribution in [2.45, 2.75) is 38.1 Å². The molecule has 17 heavy (non-hydrogen) atoms. The van der Waals surface area contributed by atoms with Crippen LogP contribution in [0.3, 0.4) is 0 Å². The molecule has 0 aliphatic heterocycles. The third-order valence-corrected chi connectivity index (χ3v) is 4.27. The van der Waals surface area contributed by atoms with Gasteiger partial charge >= 0.3 is 0 Å². The van der Waals surface area contributed by atoms with E-state index in [1.165, 1.54) is 4.88 Å². The topological polar surface area (TPSA) is 55.1 Å². The predicted molar refractivity (Wildman–Crippen MR) is 71.0 cm³/mol. The second-order valence-corrected chi connectivity index (χ2v) is 5.78. The molecule has 3 nitrogen and oxygen atoms in total. The Balaban J connectivity index is 1.70. The third-order valence-electron chi connectivity index (χ3n) is 3.34. The third kappa shape index (κ3) is 3.82. The molecule has 2 unspecified atom stereocenters. The molecule has 1 aliphatic carbocycles. The Morgan fingerprint density at radius 2 is 2.41 bits per heavy atom. The minimum absolute atomic E-state index is 0.141. The van der Waals surface area contributed by atoms with Crippen LogP contribution < -0.4 is 11.1 Å². The molecule has 0 bridgehead atoms. The van der Waals surface area contributed by atoms with Gasteiger partial charge in [-0.05, 0) is 37.1 Å². The molecule has 0 saturated heterocycles. The van der Waals surface area contributed by atoms with Crippen LogP contribution in [-0.4, -0.2) is 18.5 Å². The first-order valence-corrected chi connectivity index (χ1v) is 7.19. The van der Waals surface area contributed by atoms with Gasteiger partial charge in [-0.1, -0.05) is 12.5 Å². The van der Waals surface area contributed by atoms with Crippen LogP contribution in [0.4, 0.5) is 0 Å². The van der Waals surface area contributed by atoms with Crippen molar-refractivity contribution in [2.24, 2.45) is 11.7 Å². The smallest absolute Gasteiger partial charge is 0.223 e. The molecule has 1 aromatic heterocycles. The van der Waals surface area contributed by atoms with Gasteiger partial charge in [-0.15, -0.1) is 11.3 Å². The lowest BCUT2D eigenvalue weighted by Gasteiger charge is -2.25. The molecule has 0 spiro atoms. The van der Waals surface area contributed by atoms with Crippen molar-refractivity contribution >= 4 is 17.2 Å². The van der Waals surface area contributed by atoms with Crippen LogP contribution in [0.2, 0.25) is 0 Å². The van der Waals surface area contributed by atoms with E-state index in [2.05, 4.69) is 16.8 Å². The van der Waals surface area contributed by atoms with Crippen LogP contribution in [0, 0.1) is 5.92 Å². The van der Waals surface area contributed by atoms with Gasteiger partial charge in [-0.2, -0.15) is 0 Å². The summed E-state index contributed by atoms with van der Waals surface area (Å²) >= 11 is 1.74. The largest absolute Gasteiger partial charge is 0.356 e. The number of hydrogen-bond donors (Lipinski definition) is 2. The minimum Gasteiger partial charge on any atom is -0.356 e. The van der Waals surface area contributed by atoms with Crippen molar-refractivity contribution in [3.05, 3.63) is 22.4 Å². The fourth-order valence-electron chi connectivity index (χ4n) is 2.37. The van der Waals surface area contributed by atoms with E-state index >= 15 is 0 Å². The molecule has 1 fully saturated rings. The number of amides is 1. The molecule has 4 heteroatoms. The van der Waals surface area contributed by atoms with Gasteiger partial charge in [-0.3, -0.25) is 4.79 Å². The highest BCUT2D eigenvalue weighted by atomic mass is 32.1. The van der Waals surface area contributed by atoms with Gasteiger partial charge in [0, 0.05) is 23.4 Å².